The third kappa shape index (κ3) is 2.18. The van der Waals surface area contributed by atoms with Crippen LogP contribution >= 0.6 is 0 Å². The first-order valence-corrected chi connectivity index (χ1v) is 3.50. The number of hydrogen-bond acceptors (Lipinski definition) is 5. The van der Waals surface area contributed by atoms with Crippen molar-refractivity contribution in [2.75, 3.05) is 13.2 Å². The van der Waals surface area contributed by atoms with Crippen molar-refractivity contribution in [3.8, 4) is 0 Å². The zero-order chi connectivity index (χ0) is 8.97. The molecule has 6 nitrogen and oxygen atoms in total. The van der Waals surface area contributed by atoms with E-state index in [4.69, 9.17) is 14.9 Å². The average molecular weight is 174 g/mol. The molecule has 1 fully saturated rings. The second-order valence-electron chi connectivity index (χ2n) is 2.33. The molecule has 1 aliphatic rings. The van der Waals surface area contributed by atoms with Gasteiger partial charge in [0.15, 0.2) is 0 Å². The molecular formula is C6H10N2O4. The summed E-state index contributed by atoms with van der Waals surface area (Å²) in [6.07, 6.45) is -0.00347. The maximum atomic E-state index is 11.1. The molecule has 0 saturated carbocycles. The van der Waals surface area contributed by atoms with Crippen molar-refractivity contribution in [3.05, 3.63) is 0 Å². The normalized spacial score (nSPS) is 18.4. The van der Waals surface area contributed by atoms with Crippen molar-refractivity contribution < 1.29 is 19.7 Å². The minimum Gasteiger partial charge on any atom is -0.411 e. The van der Waals surface area contributed by atoms with Gasteiger partial charge in [0.2, 0.25) is 0 Å². The minimum absolute atomic E-state index is 0.00347. The Bertz CT molecular complexity index is 198. The predicted octanol–water partition coefficient (Wildman–Crippen LogP) is -0.0680. The largest absolute Gasteiger partial charge is 0.411 e. The van der Waals surface area contributed by atoms with E-state index in [0.717, 1.165) is 5.23 Å². The zero-order valence-corrected chi connectivity index (χ0v) is 6.69. The van der Waals surface area contributed by atoms with Crippen LogP contribution in [0.3, 0.4) is 0 Å². The molecule has 0 aromatic carbocycles. The third-order valence-electron chi connectivity index (χ3n) is 1.28. The molecule has 0 bridgehead atoms. The first-order valence-electron chi connectivity index (χ1n) is 3.50. The van der Waals surface area contributed by atoms with Crippen LogP contribution in [-0.4, -0.2) is 35.3 Å². The van der Waals surface area contributed by atoms with Crippen molar-refractivity contribution in [1.82, 2.24) is 5.23 Å². The fourth-order valence-electron chi connectivity index (χ4n) is 0.740. The van der Waals surface area contributed by atoms with Gasteiger partial charge in [0, 0.05) is 0 Å². The van der Waals surface area contributed by atoms with Gasteiger partial charge in [-0.2, -0.15) is 0 Å². The maximum absolute atomic E-state index is 11.1. The van der Waals surface area contributed by atoms with Gasteiger partial charge >= 0.3 is 0 Å². The molecule has 6 heteroatoms. The molecule has 12 heavy (non-hydrogen) atoms. The first-order chi connectivity index (χ1) is 5.74. The van der Waals surface area contributed by atoms with Crippen molar-refractivity contribution >= 4 is 11.6 Å². The van der Waals surface area contributed by atoms with Gasteiger partial charge in [-0.1, -0.05) is 10.4 Å². The van der Waals surface area contributed by atoms with E-state index in [2.05, 4.69) is 5.16 Å². The number of rotatable bonds is 2. The Morgan fingerprint density at radius 3 is 2.67 bits per heavy atom. The lowest BCUT2D eigenvalue weighted by atomic mass is 10.3. The highest BCUT2D eigenvalue weighted by atomic mass is 17.0. The van der Waals surface area contributed by atoms with E-state index in [1.54, 1.807) is 0 Å². The highest BCUT2D eigenvalue weighted by Gasteiger charge is 2.21. The van der Waals surface area contributed by atoms with Crippen LogP contribution < -0.4 is 0 Å². The molecule has 1 heterocycles. The number of hydrogen-bond donors (Lipinski definition) is 1. The molecule has 0 aliphatic carbocycles. The summed E-state index contributed by atoms with van der Waals surface area (Å²) < 4.78 is 0. The lowest BCUT2D eigenvalue weighted by molar-refractivity contribution is -0.277. The number of carbonyl (C=O) groups excluding carboxylic acids is 1. The van der Waals surface area contributed by atoms with Crippen molar-refractivity contribution in [3.63, 3.8) is 0 Å². The van der Waals surface area contributed by atoms with Crippen molar-refractivity contribution in [2.45, 2.75) is 13.3 Å². The Morgan fingerprint density at radius 1 is 1.58 bits per heavy atom. The van der Waals surface area contributed by atoms with Crippen LogP contribution in [0.25, 0.3) is 0 Å². The Labute approximate surface area is 69.3 Å². The van der Waals surface area contributed by atoms with Crippen LogP contribution in [0, 0.1) is 0 Å². The van der Waals surface area contributed by atoms with Gasteiger partial charge in [-0.15, -0.1) is 0 Å². The summed E-state index contributed by atoms with van der Waals surface area (Å²) in [5.41, 5.74) is 0.319. The summed E-state index contributed by atoms with van der Waals surface area (Å²) in [6, 6.07) is 0. The van der Waals surface area contributed by atoms with E-state index in [0.29, 0.717) is 18.9 Å². The standard InChI is InChI=1S/C6H10N2O4/c1-5(7-10)4-6(9)8-11-2-3-12-8/h10H,2-4H2,1H3. The van der Waals surface area contributed by atoms with Crippen LogP contribution in [0.4, 0.5) is 0 Å². The van der Waals surface area contributed by atoms with E-state index in [-0.39, 0.29) is 12.3 Å². The van der Waals surface area contributed by atoms with Gasteiger partial charge in [0.1, 0.15) is 13.2 Å². The van der Waals surface area contributed by atoms with E-state index in [1.807, 2.05) is 0 Å². The molecule has 0 aromatic heterocycles. The third-order valence-corrected chi connectivity index (χ3v) is 1.28. The van der Waals surface area contributed by atoms with Crippen LogP contribution in [0.2, 0.25) is 0 Å². The van der Waals surface area contributed by atoms with Crippen molar-refractivity contribution in [1.29, 1.82) is 0 Å². The number of oxime groups is 1. The van der Waals surface area contributed by atoms with E-state index < -0.39 is 0 Å². The van der Waals surface area contributed by atoms with Gasteiger partial charge in [0.25, 0.3) is 5.91 Å². The van der Waals surface area contributed by atoms with E-state index in [9.17, 15) is 4.79 Å². The molecule has 0 atom stereocenters. The number of hydroxylamine groups is 2. The monoisotopic (exact) mass is 174 g/mol. The molecule has 1 N–H and O–H groups in total. The lowest BCUT2D eigenvalue weighted by Gasteiger charge is -2.10. The van der Waals surface area contributed by atoms with E-state index >= 15 is 0 Å². The Balaban J connectivity index is 2.37. The Kier molecular flexibility index (Phi) is 3.01. The quantitative estimate of drug-likeness (QED) is 0.361. The lowest BCUT2D eigenvalue weighted by Crippen LogP contribution is -2.26. The van der Waals surface area contributed by atoms with Crippen LogP contribution in [0.5, 0.6) is 0 Å². The topological polar surface area (TPSA) is 71.4 Å². The number of carbonyl (C=O) groups is 1. The summed E-state index contributed by atoms with van der Waals surface area (Å²) in [5.74, 6) is -0.372. The van der Waals surface area contributed by atoms with E-state index in [1.165, 1.54) is 6.92 Å². The minimum atomic E-state index is -0.372. The van der Waals surface area contributed by atoms with Gasteiger partial charge < -0.3 is 5.21 Å². The summed E-state index contributed by atoms with van der Waals surface area (Å²) in [5, 5.41) is 11.9. The average Bonchev–Trinajstić information content (AvgIpc) is 2.56. The molecule has 0 aromatic rings. The van der Waals surface area contributed by atoms with Crippen molar-refractivity contribution in [2.24, 2.45) is 5.16 Å². The fourth-order valence-corrected chi connectivity index (χ4v) is 0.740. The predicted molar refractivity (Wildman–Crippen MR) is 38.3 cm³/mol. The van der Waals surface area contributed by atoms with Gasteiger partial charge in [-0.05, 0) is 6.92 Å². The summed E-state index contributed by atoms with van der Waals surface area (Å²) in [6.45, 7) is 2.29. The second-order valence-corrected chi connectivity index (χ2v) is 2.33. The summed E-state index contributed by atoms with van der Waals surface area (Å²) >= 11 is 0. The highest BCUT2D eigenvalue weighted by molar-refractivity contribution is 5.98. The smallest absolute Gasteiger partial charge is 0.279 e. The number of amides is 1. The molecule has 0 radical (unpaired) electrons. The fraction of sp³-hybridized carbons (Fsp3) is 0.667. The molecular weight excluding hydrogens is 164 g/mol. The highest BCUT2D eigenvalue weighted by Crippen LogP contribution is 2.04. The Hall–Kier alpha value is -1.14. The number of nitrogens with zero attached hydrogens (tertiary/aromatic N) is 2. The second kappa shape index (κ2) is 4.03. The molecule has 1 rings (SSSR count). The Morgan fingerprint density at radius 2 is 2.17 bits per heavy atom. The summed E-state index contributed by atoms with van der Waals surface area (Å²) in [4.78, 5) is 20.7. The van der Waals surface area contributed by atoms with Crippen LogP contribution in [-0.2, 0) is 14.5 Å². The van der Waals surface area contributed by atoms with Gasteiger partial charge in [-0.3, -0.25) is 4.79 Å². The molecule has 1 amide bonds. The molecule has 68 valence electrons. The van der Waals surface area contributed by atoms with Crippen LogP contribution in [0.1, 0.15) is 13.3 Å². The SMILES string of the molecule is CC(CC(=O)N1OCCO1)=NO. The first kappa shape index (κ1) is 8.95. The molecule has 0 spiro atoms. The van der Waals surface area contributed by atoms with Crippen LogP contribution in [0.15, 0.2) is 5.16 Å². The molecule has 0 unspecified atom stereocenters. The maximum Gasteiger partial charge on any atom is 0.279 e. The molecule has 1 saturated heterocycles. The molecule has 1 aliphatic heterocycles. The van der Waals surface area contributed by atoms with Gasteiger partial charge in [-0.25, -0.2) is 9.68 Å². The van der Waals surface area contributed by atoms with Gasteiger partial charge in [0.05, 0.1) is 12.1 Å². The summed E-state index contributed by atoms with van der Waals surface area (Å²) in [7, 11) is 0. The zero-order valence-electron chi connectivity index (χ0n) is 6.69.